The van der Waals surface area contributed by atoms with Crippen molar-refractivity contribution in [2.24, 2.45) is 5.41 Å². The second-order valence-corrected chi connectivity index (χ2v) is 5.30. The molecule has 0 saturated heterocycles. The number of aliphatic hydroxyl groups excluding tert-OH is 1. The first-order valence-corrected chi connectivity index (χ1v) is 5.38. The Kier molecular flexibility index (Phi) is 3.74. The molecule has 1 rings (SSSR count). The first kappa shape index (κ1) is 11.0. The van der Waals surface area contributed by atoms with Crippen LogP contribution in [0.25, 0.3) is 0 Å². The molecule has 1 N–H and O–H groups in total. The van der Waals surface area contributed by atoms with E-state index in [0.29, 0.717) is 12.0 Å². The smallest absolute Gasteiger partial charge is 0.0558 e. The Morgan fingerprint density at radius 3 is 2.23 bits per heavy atom. The van der Waals surface area contributed by atoms with E-state index in [-0.39, 0.29) is 0 Å². The molecule has 0 aromatic carbocycles. The maximum Gasteiger partial charge on any atom is 0.0558 e. The van der Waals surface area contributed by atoms with Gasteiger partial charge in [0.1, 0.15) is 0 Å². The zero-order valence-corrected chi connectivity index (χ0v) is 9.21. The van der Waals surface area contributed by atoms with Crippen molar-refractivity contribution in [3.05, 3.63) is 0 Å². The first-order valence-electron chi connectivity index (χ1n) is 5.38. The molecule has 0 aliphatic heterocycles. The number of hydrogen-bond donors (Lipinski definition) is 1. The van der Waals surface area contributed by atoms with E-state index >= 15 is 0 Å². The lowest BCUT2D eigenvalue weighted by atomic mass is 9.92. The Hall–Kier alpha value is -0.0800. The Bertz CT molecular complexity index is 147. The summed E-state index contributed by atoms with van der Waals surface area (Å²) in [7, 11) is 0. The van der Waals surface area contributed by atoms with E-state index in [1.807, 2.05) is 0 Å². The summed E-state index contributed by atoms with van der Waals surface area (Å²) in [5.41, 5.74) is 0.419. The molecule has 2 heteroatoms. The van der Waals surface area contributed by atoms with Gasteiger partial charge in [0.05, 0.1) is 6.61 Å². The Balaban J connectivity index is 2.22. The minimum atomic E-state index is 0.306. The zero-order chi connectivity index (χ0) is 9.90. The van der Waals surface area contributed by atoms with Crippen LogP contribution >= 0.6 is 0 Å². The van der Waals surface area contributed by atoms with Crippen LogP contribution in [-0.4, -0.2) is 35.7 Å². The van der Waals surface area contributed by atoms with Crippen LogP contribution in [0.1, 0.15) is 40.0 Å². The van der Waals surface area contributed by atoms with Crippen LogP contribution in [0.2, 0.25) is 0 Å². The summed E-state index contributed by atoms with van der Waals surface area (Å²) in [6.07, 6.45) is 3.90. The van der Waals surface area contributed by atoms with Gasteiger partial charge in [-0.25, -0.2) is 0 Å². The molecule has 0 radical (unpaired) electrons. The van der Waals surface area contributed by atoms with Crippen molar-refractivity contribution in [1.29, 1.82) is 0 Å². The summed E-state index contributed by atoms with van der Waals surface area (Å²) in [5.74, 6) is 0. The topological polar surface area (TPSA) is 23.5 Å². The van der Waals surface area contributed by atoms with Gasteiger partial charge in [-0.15, -0.1) is 0 Å². The fourth-order valence-electron chi connectivity index (χ4n) is 1.52. The third kappa shape index (κ3) is 4.63. The molecule has 2 nitrogen and oxygen atoms in total. The molecule has 0 aromatic rings. The minimum absolute atomic E-state index is 0.306. The second-order valence-electron chi connectivity index (χ2n) is 5.30. The summed E-state index contributed by atoms with van der Waals surface area (Å²) < 4.78 is 0. The van der Waals surface area contributed by atoms with E-state index in [9.17, 15) is 0 Å². The van der Waals surface area contributed by atoms with Crippen LogP contribution in [-0.2, 0) is 0 Å². The van der Waals surface area contributed by atoms with E-state index in [0.717, 1.165) is 19.1 Å². The monoisotopic (exact) mass is 185 g/mol. The zero-order valence-electron chi connectivity index (χ0n) is 9.21. The van der Waals surface area contributed by atoms with Gasteiger partial charge in [0.25, 0.3) is 0 Å². The quantitative estimate of drug-likeness (QED) is 0.707. The highest BCUT2D eigenvalue weighted by atomic mass is 16.3. The third-order valence-electron chi connectivity index (χ3n) is 2.60. The molecule has 0 unspecified atom stereocenters. The summed E-state index contributed by atoms with van der Waals surface area (Å²) in [5, 5.41) is 8.90. The molecule has 1 aliphatic rings. The maximum absolute atomic E-state index is 8.90. The lowest BCUT2D eigenvalue weighted by molar-refractivity contribution is 0.170. The molecule has 0 atom stereocenters. The van der Waals surface area contributed by atoms with E-state index in [4.69, 9.17) is 5.11 Å². The SMILES string of the molecule is CC(C)(C)CCN(CCO)C1CC1. The normalized spacial score (nSPS) is 18.2. The van der Waals surface area contributed by atoms with Crippen molar-refractivity contribution in [2.45, 2.75) is 46.1 Å². The molecule has 0 aromatic heterocycles. The van der Waals surface area contributed by atoms with Crippen LogP contribution in [0.3, 0.4) is 0 Å². The Morgan fingerprint density at radius 1 is 1.23 bits per heavy atom. The van der Waals surface area contributed by atoms with Crippen LogP contribution < -0.4 is 0 Å². The molecule has 1 fully saturated rings. The second kappa shape index (κ2) is 4.43. The fraction of sp³-hybridized carbons (Fsp3) is 1.00. The Morgan fingerprint density at radius 2 is 1.85 bits per heavy atom. The van der Waals surface area contributed by atoms with Gasteiger partial charge < -0.3 is 5.11 Å². The number of aliphatic hydroxyl groups is 1. The van der Waals surface area contributed by atoms with Crippen molar-refractivity contribution in [3.63, 3.8) is 0 Å². The molecular weight excluding hydrogens is 162 g/mol. The number of hydrogen-bond acceptors (Lipinski definition) is 2. The molecule has 1 saturated carbocycles. The van der Waals surface area contributed by atoms with Crippen LogP contribution in [0.5, 0.6) is 0 Å². The predicted molar refractivity (Wildman–Crippen MR) is 55.8 cm³/mol. The van der Waals surface area contributed by atoms with E-state index in [1.54, 1.807) is 0 Å². The maximum atomic E-state index is 8.90. The third-order valence-corrected chi connectivity index (χ3v) is 2.60. The summed E-state index contributed by atoms with van der Waals surface area (Å²) in [6, 6.07) is 0.787. The molecule has 0 spiro atoms. The van der Waals surface area contributed by atoms with Gasteiger partial charge in [-0.2, -0.15) is 0 Å². The highest BCUT2D eigenvalue weighted by Crippen LogP contribution is 2.28. The Labute approximate surface area is 81.9 Å². The van der Waals surface area contributed by atoms with Gasteiger partial charge in [-0.3, -0.25) is 4.90 Å². The van der Waals surface area contributed by atoms with Crippen molar-refractivity contribution < 1.29 is 5.11 Å². The lowest BCUT2D eigenvalue weighted by Crippen LogP contribution is -2.32. The van der Waals surface area contributed by atoms with Crippen molar-refractivity contribution in [2.75, 3.05) is 19.7 Å². The lowest BCUT2D eigenvalue weighted by Gasteiger charge is -2.26. The van der Waals surface area contributed by atoms with E-state index in [2.05, 4.69) is 25.7 Å². The van der Waals surface area contributed by atoms with Crippen molar-refractivity contribution in [3.8, 4) is 0 Å². The molecule has 0 heterocycles. The van der Waals surface area contributed by atoms with Crippen molar-refractivity contribution in [1.82, 2.24) is 4.90 Å². The first-order chi connectivity index (χ1) is 6.03. The number of nitrogens with zero attached hydrogens (tertiary/aromatic N) is 1. The van der Waals surface area contributed by atoms with E-state index in [1.165, 1.54) is 19.3 Å². The van der Waals surface area contributed by atoms with Crippen LogP contribution in [0.15, 0.2) is 0 Å². The highest BCUT2D eigenvalue weighted by molar-refractivity contribution is 4.84. The predicted octanol–water partition coefficient (Wildman–Crippen LogP) is 1.88. The molecule has 0 amide bonds. The van der Waals surface area contributed by atoms with Gasteiger partial charge in [0.2, 0.25) is 0 Å². The average molecular weight is 185 g/mol. The fourth-order valence-corrected chi connectivity index (χ4v) is 1.52. The highest BCUT2D eigenvalue weighted by Gasteiger charge is 2.28. The van der Waals surface area contributed by atoms with Crippen molar-refractivity contribution >= 4 is 0 Å². The average Bonchev–Trinajstić information content (AvgIpc) is 2.78. The van der Waals surface area contributed by atoms with Gasteiger partial charge in [-0.05, 0) is 31.2 Å². The van der Waals surface area contributed by atoms with Gasteiger partial charge in [-0.1, -0.05) is 20.8 Å². The minimum Gasteiger partial charge on any atom is -0.395 e. The van der Waals surface area contributed by atoms with Crippen LogP contribution in [0.4, 0.5) is 0 Å². The summed E-state index contributed by atoms with van der Waals surface area (Å²) in [6.45, 7) is 9.14. The van der Waals surface area contributed by atoms with E-state index < -0.39 is 0 Å². The number of rotatable bonds is 5. The molecule has 13 heavy (non-hydrogen) atoms. The van der Waals surface area contributed by atoms with Crippen LogP contribution in [0, 0.1) is 5.41 Å². The molecule has 0 bridgehead atoms. The molecule has 78 valence electrons. The summed E-state index contributed by atoms with van der Waals surface area (Å²) >= 11 is 0. The summed E-state index contributed by atoms with van der Waals surface area (Å²) in [4.78, 5) is 2.44. The largest absolute Gasteiger partial charge is 0.395 e. The van der Waals surface area contributed by atoms with Gasteiger partial charge in [0.15, 0.2) is 0 Å². The van der Waals surface area contributed by atoms with Gasteiger partial charge in [0, 0.05) is 12.6 Å². The molecule has 1 aliphatic carbocycles. The molecular formula is C11H23NO. The standard InChI is InChI=1S/C11H23NO/c1-11(2,3)6-7-12(8-9-13)10-4-5-10/h10,13H,4-9H2,1-3H3. The van der Waals surface area contributed by atoms with Gasteiger partial charge >= 0.3 is 0 Å².